The van der Waals surface area contributed by atoms with Gasteiger partial charge in [0.25, 0.3) is 0 Å². The minimum atomic E-state index is -0.562. The predicted octanol–water partition coefficient (Wildman–Crippen LogP) is 2.15. The highest BCUT2D eigenvalue weighted by atomic mass is 16.6. The van der Waals surface area contributed by atoms with Gasteiger partial charge in [0.2, 0.25) is 0 Å². The fourth-order valence-corrected chi connectivity index (χ4v) is 2.15. The van der Waals surface area contributed by atoms with Gasteiger partial charge in [0.1, 0.15) is 5.70 Å². The van der Waals surface area contributed by atoms with Crippen LogP contribution >= 0.6 is 0 Å². The molecule has 1 unspecified atom stereocenters. The Morgan fingerprint density at radius 2 is 2.10 bits per heavy atom. The van der Waals surface area contributed by atoms with Crippen molar-refractivity contribution in [2.75, 3.05) is 11.5 Å². The van der Waals surface area contributed by atoms with Gasteiger partial charge >= 0.3 is 11.9 Å². The number of rotatable bonds is 3. The Hall–Kier alpha value is -2.30. The molecule has 0 amide bonds. The number of carbonyl (C=O) groups is 2. The van der Waals surface area contributed by atoms with E-state index in [4.69, 9.17) is 9.47 Å². The van der Waals surface area contributed by atoms with Crippen LogP contribution in [-0.2, 0) is 19.1 Å². The van der Waals surface area contributed by atoms with Crippen LogP contribution in [0.3, 0.4) is 0 Å². The van der Waals surface area contributed by atoms with Crippen LogP contribution in [0, 0.1) is 6.92 Å². The fourth-order valence-electron chi connectivity index (χ4n) is 2.15. The minimum Gasteiger partial charge on any atom is -0.461 e. The van der Waals surface area contributed by atoms with Gasteiger partial charge in [-0.15, -0.1) is 0 Å². The van der Waals surface area contributed by atoms with Crippen molar-refractivity contribution in [3.05, 3.63) is 41.6 Å². The Morgan fingerprint density at radius 1 is 1.40 bits per heavy atom. The second-order valence-electron chi connectivity index (χ2n) is 4.44. The van der Waals surface area contributed by atoms with Crippen LogP contribution in [0.5, 0.6) is 0 Å². The summed E-state index contributed by atoms with van der Waals surface area (Å²) in [6, 6.07) is 7.58. The first kappa shape index (κ1) is 14.1. The summed E-state index contributed by atoms with van der Waals surface area (Å²) in [6.45, 7) is 5.63. The molecule has 2 rings (SSSR count). The molecule has 0 spiro atoms. The van der Waals surface area contributed by atoms with Crippen molar-refractivity contribution in [2.24, 2.45) is 0 Å². The lowest BCUT2D eigenvalue weighted by Crippen LogP contribution is -2.43. The van der Waals surface area contributed by atoms with E-state index in [1.54, 1.807) is 18.7 Å². The van der Waals surface area contributed by atoms with Crippen molar-refractivity contribution in [3.8, 4) is 0 Å². The number of carbonyl (C=O) groups excluding carboxylic acids is 2. The average molecular weight is 275 g/mol. The van der Waals surface area contributed by atoms with E-state index >= 15 is 0 Å². The maximum absolute atomic E-state index is 12.0. The minimum absolute atomic E-state index is 0.199. The van der Waals surface area contributed by atoms with Crippen LogP contribution in [0.1, 0.15) is 19.4 Å². The lowest BCUT2D eigenvalue weighted by Gasteiger charge is -2.35. The maximum Gasteiger partial charge on any atom is 0.355 e. The zero-order chi connectivity index (χ0) is 14.7. The van der Waals surface area contributed by atoms with Gasteiger partial charge in [0.15, 0.2) is 6.23 Å². The molecule has 0 saturated heterocycles. The summed E-state index contributed by atoms with van der Waals surface area (Å²) in [5.74, 6) is -1.07. The van der Waals surface area contributed by atoms with Gasteiger partial charge in [-0.1, -0.05) is 18.2 Å². The lowest BCUT2D eigenvalue weighted by molar-refractivity contribution is -0.147. The zero-order valence-corrected chi connectivity index (χ0v) is 11.8. The molecule has 0 aromatic heterocycles. The van der Waals surface area contributed by atoms with E-state index in [1.165, 1.54) is 6.08 Å². The Labute approximate surface area is 117 Å². The summed E-state index contributed by atoms with van der Waals surface area (Å²) >= 11 is 0. The quantitative estimate of drug-likeness (QED) is 0.791. The topological polar surface area (TPSA) is 55.8 Å². The summed E-state index contributed by atoms with van der Waals surface area (Å²) in [4.78, 5) is 25.2. The first-order chi connectivity index (χ1) is 9.54. The van der Waals surface area contributed by atoms with E-state index in [1.807, 2.05) is 31.2 Å². The molecular formula is C15H17NO4. The highest BCUT2D eigenvalue weighted by molar-refractivity contribution is 6.01. The van der Waals surface area contributed by atoms with E-state index in [2.05, 4.69) is 0 Å². The van der Waals surface area contributed by atoms with Gasteiger partial charge in [-0.05, 0) is 32.4 Å². The molecule has 20 heavy (non-hydrogen) atoms. The van der Waals surface area contributed by atoms with Gasteiger partial charge in [0.05, 0.1) is 12.7 Å². The number of cyclic esters (lactones) is 1. The van der Waals surface area contributed by atoms with E-state index in [9.17, 15) is 9.59 Å². The molecule has 1 atom stereocenters. The van der Waals surface area contributed by atoms with Gasteiger partial charge in [0, 0.05) is 5.69 Å². The van der Waals surface area contributed by atoms with Crippen LogP contribution in [0.15, 0.2) is 36.0 Å². The summed E-state index contributed by atoms with van der Waals surface area (Å²) in [6.07, 6.45) is 0.609. The first-order valence-electron chi connectivity index (χ1n) is 6.49. The second-order valence-corrected chi connectivity index (χ2v) is 4.44. The van der Waals surface area contributed by atoms with Crippen molar-refractivity contribution >= 4 is 17.6 Å². The zero-order valence-electron chi connectivity index (χ0n) is 11.8. The van der Waals surface area contributed by atoms with Crippen LogP contribution < -0.4 is 4.90 Å². The highest BCUT2D eigenvalue weighted by Crippen LogP contribution is 2.29. The summed E-state index contributed by atoms with van der Waals surface area (Å²) in [5, 5.41) is 0. The molecule has 0 aliphatic carbocycles. The third-order valence-electron chi connectivity index (χ3n) is 3.02. The van der Waals surface area contributed by atoms with E-state index in [0.29, 0.717) is 0 Å². The second kappa shape index (κ2) is 5.77. The van der Waals surface area contributed by atoms with Crippen molar-refractivity contribution in [1.82, 2.24) is 0 Å². The summed E-state index contributed by atoms with van der Waals surface area (Å²) < 4.78 is 10.2. The smallest absolute Gasteiger partial charge is 0.355 e. The molecule has 0 N–H and O–H groups in total. The number of anilines is 1. The predicted molar refractivity (Wildman–Crippen MR) is 73.9 cm³/mol. The molecular weight excluding hydrogens is 258 g/mol. The van der Waals surface area contributed by atoms with E-state index in [-0.39, 0.29) is 12.3 Å². The molecule has 0 radical (unpaired) electrons. The van der Waals surface area contributed by atoms with Crippen LogP contribution in [0.4, 0.5) is 5.69 Å². The molecule has 1 aliphatic heterocycles. The molecule has 1 heterocycles. The number of para-hydroxylation sites is 1. The standard InChI is InChI=1S/C15H17NO4/c1-4-19-15(18)13-9-14(17)20-11(3)16(13)12-8-6-5-7-10(12)2/h5-9,11H,4H2,1-3H3. The van der Waals surface area contributed by atoms with Crippen LogP contribution in [0.2, 0.25) is 0 Å². The molecule has 1 aromatic carbocycles. The third kappa shape index (κ3) is 2.66. The Bertz CT molecular complexity index is 565. The van der Waals surface area contributed by atoms with Gasteiger partial charge in [-0.3, -0.25) is 4.90 Å². The molecule has 5 heteroatoms. The number of hydrogen-bond donors (Lipinski definition) is 0. The highest BCUT2D eigenvalue weighted by Gasteiger charge is 2.32. The SMILES string of the molecule is CCOC(=O)C1=CC(=O)OC(C)N1c1ccccc1C. The molecule has 106 valence electrons. The lowest BCUT2D eigenvalue weighted by atomic mass is 10.1. The molecule has 1 aromatic rings. The van der Waals surface area contributed by atoms with Crippen LogP contribution in [0.25, 0.3) is 0 Å². The summed E-state index contributed by atoms with van der Waals surface area (Å²) in [5.41, 5.74) is 1.99. The Morgan fingerprint density at radius 3 is 2.75 bits per heavy atom. The average Bonchev–Trinajstić information content (AvgIpc) is 2.39. The van der Waals surface area contributed by atoms with E-state index in [0.717, 1.165) is 11.3 Å². The molecule has 0 saturated carbocycles. The number of aryl methyl sites for hydroxylation is 1. The number of hydrogen-bond acceptors (Lipinski definition) is 5. The van der Waals surface area contributed by atoms with Gasteiger partial charge in [-0.25, -0.2) is 9.59 Å². The molecule has 0 fully saturated rings. The first-order valence-corrected chi connectivity index (χ1v) is 6.49. The van der Waals surface area contributed by atoms with E-state index < -0.39 is 18.2 Å². The molecule has 0 bridgehead atoms. The van der Waals surface area contributed by atoms with Crippen molar-refractivity contribution in [3.63, 3.8) is 0 Å². The van der Waals surface area contributed by atoms with Gasteiger partial charge in [-0.2, -0.15) is 0 Å². The third-order valence-corrected chi connectivity index (χ3v) is 3.02. The summed E-state index contributed by atoms with van der Waals surface area (Å²) in [7, 11) is 0. The number of benzene rings is 1. The normalized spacial score (nSPS) is 18.4. The number of ether oxygens (including phenoxy) is 2. The maximum atomic E-state index is 12.0. The van der Waals surface area contributed by atoms with Gasteiger partial charge < -0.3 is 9.47 Å². The number of nitrogens with zero attached hydrogens (tertiary/aromatic N) is 1. The number of esters is 2. The van der Waals surface area contributed by atoms with Crippen molar-refractivity contribution in [2.45, 2.75) is 27.0 Å². The molecule has 5 nitrogen and oxygen atoms in total. The Balaban J connectivity index is 2.47. The fraction of sp³-hybridized carbons (Fsp3) is 0.333. The van der Waals surface area contributed by atoms with Crippen molar-refractivity contribution < 1.29 is 19.1 Å². The Kier molecular flexibility index (Phi) is 4.08. The van der Waals surface area contributed by atoms with Crippen LogP contribution in [-0.4, -0.2) is 24.8 Å². The monoisotopic (exact) mass is 275 g/mol. The largest absolute Gasteiger partial charge is 0.461 e. The van der Waals surface area contributed by atoms with Crippen molar-refractivity contribution in [1.29, 1.82) is 0 Å². The molecule has 1 aliphatic rings.